The summed E-state index contributed by atoms with van der Waals surface area (Å²) in [7, 11) is -3.29. The van der Waals surface area contributed by atoms with E-state index >= 15 is 0 Å². The number of halogens is 4. The zero-order chi connectivity index (χ0) is 31.5. The predicted molar refractivity (Wildman–Crippen MR) is 159 cm³/mol. The van der Waals surface area contributed by atoms with Crippen LogP contribution in [0.3, 0.4) is 0 Å². The van der Waals surface area contributed by atoms with Gasteiger partial charge in [0.1, 0.15) is 21.5 Å². The summed E-state index contributed by atoms with van der Waals surface area (Å²) >= 11 is 0. The average Bonchev–Trinajstić information content (AvgIpc) is 2.90. The minimum atomic E-state index is -4.64. The van der Waals surface area contributed by atoms with Crippen LogP contribution in [0.1, 0.15) is 51.2 Å². The zero-order valence-electron chi connectivity index (χ0n) is 24.7. The van der Waals surface area contributed by atoms with E-state index in [0.717, 1.165) is 6.26 Å². The van der Waals surface area contributed by atoms with Gasteiger partial charge in [-0.3, -0.25) is 0 Å². The van der Waals surface area contributed by atoms with Crippen molar-refractivity contribution in [1.29, 1.82) is 0 Å². The summed E-state index contributed by atoms with van der Waals surface area (Å²) in [6.45, 7) is 7.20. The summed E-state index contributed by atoms with van der Waals surface area (Å²) in [4.78, 5) is 16.5. The summed E-state index contributed by atoms with van der Waals surface area (Å²) in [5, 5.41) is 14.0. The number of aliphatic hydroxyl groups excluding tert-OH is 1. The number of nitrogens with one attached hydrogen (secondary N) is 1. The highest BCUT2D eigenvalue weighted by molar-refractivity contribution is 7.90. The number of rotatable bonds is 7. The Kier molecular flexibility index (Phi) is 7.99. The molecule has 2 saturated heterocycles. The van der Waals surface area contributed by atoms with Crippen molar-refractivity contribution in [2.75, 3.05) is 46.8 Å². The summed E-state index contributed by atoms with van der Waals surface area (Å²) in [6, 6.07) is 4.06. The van der Waals surface area contributed by atoms with Crippen molar-refractivity contribution in [3.8, 4) is 0 Å². The Bertz CT molecular complexity index is 1630. The molecule has 5 rings (SSSR count). The van der Waals surface area contributed by atoms with Gasteiger partial charge in [-0.15, -0.1) is 0 Å². The Hall–Kier alpha value is -3.26. The quantitative estimate of drug-likeness (QED) is 0.348. The highest BCUT2D eigenvalue weighted by Crippen LogP contribution is 2.47. The van der Waals surface area contributed by atoms with E-state index in [0.29, 0.717) is 34.5 Å². The van der Waals surface area contributed by atoms with E-state index in [4.69, 9.17) is 0 Å². The molecule has 2 aliphatic rings. The number of pyridine rings is 1. The van der Waals surface area contributed by atoms with Crippen LogP contribution < -0.4 is 15.1 Å². The van der Waals surface area contributed by atoms with Crippen LogP contribution in [0.4, 0.5) is 40.8 Å². The van der Waals surface area contributed by atoms with Crippen LogP contribution in [-0.4, -0.2) is 77.9 Å². The van der Waals surface area contributed by atoms with Gasteiger partial charge in [-0.1, -0.05) is 13.8 Å². The maximum absolute atomic E-state index is 14.8. The third-order valence-electron chi connectivity index (χ3n) is 8.41. The smallest absolute Gasteiger partial charge is 0.390 e. The fourth-order valence-corrected chi connectivity index (χ4v) is 7.14. The average molecular weight is 625 g/mol. The molecule has 9 nitrogen and oxygen atoms in total. The first-order valence-electron chi connectivity index (χ1n) is 14.1. The van der Waals surface area contributed by atoms with Crippen LogP contribution in [0, 0.1) is 5.92 Å². The lowest BCUT2D eigenvalue weighted by atomic mass is 9.86. The highest BCUT2D eigenvalue weighted by Gasteiger charge is 2.44. The first-order valence-corrected chi connectivity index (χ1v) is 16.2. The molecule has 2 aliphatic heterocycles. The Labute approximate surface area is 248 Å². The second kappa shape index (κ2) is 11.0. The molecule has 3 aromatic rings. The standard InChI is InChI=1S/C29H36F4N6O3S/c1-16(2)19-10-22(29(31,32)33)26(39-13-18(17(39)3)14-43(5,41)42)21-12-35-25(11-20(19)21)36-24-6-8-34-27(37-24)38-9-7-23(40)28(4,30)15-38/h6,8,10-12,16-18,23,40H,7,9,13-15H2,1-5H3,(H,34,35,36,37)/t17-,18-,23-,28+/m1/s1. The number of sulfone groups is 1. The molecule has 4 heterocycles. The Balaban J connectivity index is 1.52. The van der Waals surface area contributed by atoms with E-state index < -0.39 is 39.4 Å². The number of fused-ring (bicyclic) bond motifs is 1. The largest absolute Gasteiger partial charge is 0.418 e. The summed E-state index contributed by atoms with van der Waals surface area (Å²) in [6.07, 6.45) is -1.43. The van der Waals surface area contributed by atoms with Gasteiger partial charge in [-0.25, -0.2) is 22.8 Å². The number of hydrogen-bond donors (Lipinski definition) is 2. The van der Waals surface area contributed by atoms with Gasteiger partial charge in [-0.2, -0.15) is 18.2 Å². The SMILES string of the molecule is CC(C)c1cc(C(F)(F)F)c(N2C[C@H](CS(C)(=O)=O)[C@H]2C)c2cnc(Nc3ccnc(N4CC[C@@H](O)[C@@](C)(F)C4)n3)cc12. The van der Waals surface area contributed by atoms with Gasteiger partial charge >= 0.3 is 6.18 Å². The monoisotopic (exact) mass is 624 g/mol. The molecule has 0 saturated carbocycles. The minimum absolute atomic E-state index is 0.00548. The van der Waals surface area contributed by atoms with Gasteiger partial charge in [0.15, 0.2) is 5.67 Å². The fraction of sp³-hybridized carbons (Fsp3) is 0.552. The second-order valence-electron chi connectivity index (χ2n) is 12.2. The lowest BCUT2D eigenvalue weighted by molar-refractivity contribution is -0.137. The first-order chi connectivity index (χ1) is 19.9. The molecule has 0 aliphatic carbocycles. The molecule has 2 N–H and O–H groups in total. The van der Waals surface area contributed by atoms with Crippen molar-refractivity contribution >= 4 is 43.9 Å². The van der Waals surface area contributed by atoms with Gasteiger partial charge in [0.2, 0.25) is 5.95 Å². The Morgan fingerprint density at radius 3 is 2.51 bits per heavy atom. The highest BCUT2D eigenvalue weighted by atomic mass is 32.2. The molecule has 0 amide bonds. The predicted octanol–water partition coefficient (Wildman–Crippen LogP) is 5.08. The summed E-state index contributed by atoms with van der Waals surface area (Å²) in [5.74, 6) is 0.369. The first kappa shape index (κ1) is 31.2. The molecule has 0 unspecified atom stereocenters. The number of aliphatic hydroxyl groups is 1. The van der Waals surface area contributed by atoms with E-state index in [1.165, 1.54) is 25.4 Å². The number of anilines is 4. The van der Waals surface area contributed by atoms with Crippen molar-refractivity contribution in [2.45, 2.75) is 64.0 Å². The Morgan fingerprint density at radius 1 is 1.19 bits per heavy atom. The molecule has 1 aromatic carbocycles. The number of hydrogen-bond acceptors (Lipinski definition) is 9. The molecule has 43 heavy (non-hydrogen) atoms. The van der Waals surface area contributed by atoms with Gasteiger partial charge in [-0.05, 0) is 55.3 Å². The van der Waals surface area contributed by atoms with Crippen molar-refractivity contribution < 1.29 is 31.1 Å². The lowest BCUT2D eigenvalue weighted by Crippen LogP contribution is -2.57. The summed E-state index contributed by atoms with van der Waals surface area (Å²) in [5.41, 5.74) is -2.10. The molecule has 2 fully saturated rings. The third kappa shape index (κ3) is 6.35. The van der Waals surface area contributed by atoms with Crippen LogP contribution >= 0.6 is 0 Å². The number of alkyl halides is 4. The van der Waals surface area contributed by atoms with E-state index in [2.05, 4.69) is 20.3 Å². The van der Waals surface area contributed by atoms with Gasteiger partial charge < -0.3 is 20.2 Å². The maximum Gasteiger partial charge on any atom is 0.418 e. The number of nitrogens with zero attached hydrogens (tertiary/aromatic N) is 5. The topological polar surface area (TPSA) is 112 Å². The fourth-order valence-electron chi connectivity index (χ4n) is 5.97. The molecule has 0 spiro atoms. The minimum Gasteiger partial charge on any atom is -0.390 e. The second-order valence-corrected chi connectivity index (χ2v) is 14.4. The normalized spacial score (nSPS) is 24.9. The van der Waals surface area contributed by atoms with Crippen molar-refractivity contribution in [1.82, 2.24) is 15.0 Å². The number of benzene rings is 1. The molecule has 0 bridgehead atoms. The molecule has 0 radical (unpaired) electrons. The number of aromatic nitrogens is 3. The Morgan fingerprint density at radius 2 is 1.91 bits per heavy atom. The van der Waals surface area contributed by atoms with E-state index in [1.807, 2.05) is 13.8 Å². The van der Waals surface area contributed by atoms with Crippen molar-refractivity contribution in [3.05, 3.63) is 41.7 Å². The van der Waals surface area contributed by atoms with Crippen LogP contribution in [0.15, 0.2) is 30.6 Å². The molecule has 4 atom stereocenters. The van der Waals surface area contributed by atoms with E-state index in [9.17, 15) is 31.1 Å². The van der Waals surface area contributed by atoms with E-state index in [-0.39, 0.29) is 48.7 Å². The third-order valence-corrected chi connectivity index (χ3v) is 9.44. The van der Waals surface area contributed by atoms with Crippen LogP contribution in [0.25, 0.3) is 10.8 Å². The van der Waals surface area contributed by atoms with Crippen molar-refractivity contribution in [3.63, 3.8) is 0 Å². The van der Waals surface area contributed by atoms with Gasteiger partial charge in [0.05, 0.1) is 29.7 Å². The van der Waals surface area contributed by atoms with Gasteiger partial charge in [0, 0.05) is 49.1 Å². The van der Waals surface area contributed by atoms with Crippen LogP contribution in [0.2, 0.25) is 0 Å². The zero-order valence-corrected chi connectivity index (χ0v) is 25.5. The molecule has 14 heteroatoms. The molecular weight excluding hydrogens is 588 g/mol. The lowest BCUT2D eigenvalue weighted by Gasteiger charge is -2.49. The number of piperidine rings is 1. The van der Waals surface area contributed by atoms with Crippen LogP contribution in [0.5, 0.6) is 0 Å². The molecule has 234 valence electrons. The van der Waals surface area contributed by atoms with Crippen molar-refractivity contribution in [2.24, 2.45) is 5.92 Å². The van der Waals surface area contributed by atoms with E-state index in [1.54, 1.807) is 28.9 Å². The molecule has 2 aromatic heterocycles. The summed E-state index contributed by atoms with van der Waals surface area (Å²) < 4.78 is 81.9. The van der Waals surface area contributed by atoms with Gasteiger partial charge in [0.25, 0.3) is 0 Å². The maximum atomic E-state index is 14.8. The molecular formula is C29H36F4N6O3S. The van der Waals surface area contributed by atoms with Crippen LogP contribution in [-0.2, 0) is 16.0 Å².